The molecule has 0 unspecified atom stereocenters. The lowest BCUT2D eigenvalue weighted by Crippen LogP contribution is -2.39. The summed E-state index contributed by atoms with van der Waals surface area (Å²) in [4.78, 5) is 0. The van der Waals surface area contributed by atoms with E-state index in [-0.39, 0.29) is 6.79 Å². The highest BCUT2D eigenvalue weighted by molar-refractivity contribution is 7.90. The number of nitrogens with one attached hydrogen (secondary N) is 1. The van der Waals surface area contributed by atoms with Gasteiger partial charge in [0.25, 0.3) is 0 Å². The molecule has 1 aromatic carbocycles. The van der Waals surface area contributed by atoms with E-state index in [1.54, 1.807) is 18.2 Å². The largest absolute Gasteiger partial charge is 0.454 e. The highest BCUT2D eigenvalue weighted by atomic mass is 32.2. The lowest BCUT2D eigenvalue weighted by atomic mass is 10.2. The first-order valence-electron chi connectivity index (χ1n) is 6.33. The summed E-state index contributed by atoms with van der Waals surface area (Å²) in [6.45, 7) is 1.34. The molecule has 19 heavy (non-hydrogen) atoms. The lowest BCUT2D eigenvalue weighted by molar-refractivity contribution is 0.174. The van der Waals surface area contributed by atoms with Crippen LogP contribution >= 0.6 is 0 Å². The number of fused-ring (bicyclic) bond motifs is 1. The average molecular weight is 284 g/mol. The zero-order valence-electron chi connectivity index (χ0n) is 10.5. The third kappa shape index (κ3) is 2.62. The second-order valence-electron chi connectivity index (χ2n) is 4.63. The number of anilines is 1. The van der Waals surface area contributed by atoms with Gasteiger partial charge in [0.05, 0.1) is 5.69 Å². The van der Waals surface area contributed by atoms with Gasteiger partial charge in [-0.25, -0.2) is 0 Å². The predicted octanol–water partition coefficient (Wildman–Crippen LogP) is 1.56. The Kier molecular flexibility index (Phi) is 3.24. The Balaban J connectivity index is 1.76. The first-order valence-corrected chi connectivity index (χ1v) is 7.77. The molecule has 0 saturated carbocycles. The molecule has 1 N–H and O–H groups in total. The Morgan fingerprint density at radius 3 is 2.58 bits per heavy atom. The Labute approximate surface area is 112 Å². The molecular weight excluding hydrogens is 268 g/mol. The molecule has 3 rings (SSSR count). The van der Waals surface area contributed by atoms with Crippen molar-refractivity contribution in [2.24, 2.45) is 0 Å². The van der Waals surface area contributed by atoms with Crippen LogP contribution in [0.1, 0.15) is 19.3 Å². The van der Waals surface area contributed by atoms with E-state index < -0.39 is 10.2 Å². The van der Waals surface area contributed by atoms with Gasteiger partial charge in [-0.1, -0.05) is 6.42 Å². The minimum Gasteiger partial charge on any atom is -0.454 e. The summed E-state index contributed by atoms with van der Waals surface area (Å²) in [7, 11) is -3.47. The molecule has 0 spiro atoms. The van der Waals surface area contributed by atoms with Crippen molar-refractivity contribution >= 4 is 15.9 Å². The zero-order chi connectivity index (χ0) is 13.3. The molecule has 1 fully saturated rings. The normalized spacial score (nSPS) is 19.4. The Bertz CT molecular complexity index is 567. The van der Waals surface area contributed by atoms with Crippen LogP contribution in [0, 0.1) is 0 Å². The summed E-state index contributed by atoms with van der Waals surface area (Å²) < 4.78 is 38.9. The van der Waals surface area contributed by atoms with E-state index >= 15 is 0 Å². The molecule has 0 aliphatic carbocycles. The summed E-state index contributed by atoms with van der Waals surface area (Å²) in [5, 5.41) is 0. The van der Waals surface area contributed by atoms with Crippen molar-refractivity contribution in [3.8, 4) is 11.5 Å². The minimum atomic E-state index is -3.47. The Hall–Kier alpha value is -1.47. The number of rotatable bonds is 3. The van der Waals surface area contributed by atoms with E-state index in [0.717, 1.165) is 19.3 Å². The SMILES string of the molecule is O=S(=O)(Nc1ccc2c(c1)OCO2)N1CCCCC1. The maximum atomic E-state index is 12.2. The molecule has 2 aliphatic rings. The van der Waals surface area contributed by atoms with Crippen LogP contribution < -0.4 is 14.2 Å². The van der Waals surface area contributed by atoms with Crippen LogP contribution in [0.3, 0.4) is 0 Å². The quantitative estimate of drug-likeness (QED) is 0.914. The number of hydrogen-bond donors (Lipinski definition) is 1. The van der Waals surface area contributed by atoms with E-state index in [0.29, 0.717) is 30.3 Å². The lowest BCUT2D eigenvalue weighted by Gasteiger charge is -2.26. The van der Waals surface area contributed by atoms with Crippen LogP contribution in [0.2, 0.25) is 0 Å². The van der Waals surface area contributed by atoms with Gasteiger partial charge in [0.15, 0.2) is 11.5 Å². The van der Waals surface area contributed by atoms with Crippen LogP contribution in [0.25, 0.3) is 0 Å². The smallest absolute Gasteiger partial charge is 0.301 e. The van der Waals surface area contributed by atoms with Crippen molar-refractivity contribution in [2.75, 3.05) is 24.6 Å². The minimum absolute atomic E-state index is 0.178. The van der Waals surface area contributed by atoms with Gasteiger partial charge in [-0.2, -0.15) is 12.7 Å². The van der Waals surface area contributed by atoms with Gasteiger partial charge in [-0.05, 0) is 25.0 Å². The van der Waals surface area contributed by atoms with Crippen molar-refractivity contribution < 1.29 is 17.9 Å². The molecule has 1 aromatic rings. The van der Waals surface area contributed by atoms with E-state index in [1.165, 1.54) is 4.31 Å². The molecule has 104 valence electrons. The average Bonchev–Trinajstić information content (AvgIpc) is 2.87. The number of piperidine rings is 1. The molecule has 1 saturated heterocycles. The summed E-state index contributed by atoms with van der Waals surface area (Å²) in [5.74, 6) is 1.21. The van der Waals surface area contributed by atoms with Crippen molar-refractivity contribution in [1.82, 2.24) is 4.31 Å². The fourth-order valence-corrected chi connectivity index (χ4v) is 3.57. The van der Waals surface area contributed by atoms with Crippen molar-refractivity contribution in [3.05, 3.63) is 18.2 Å². The molecular formula is C12H16N2O4S. The summed E-state index contributed by atoms with van der Waals surface area (Å²) in [6.07, 6.45) is 2.93. The van der Waals surface area contributed by atoms with Crippen LogP contribution in [-0.4, -0.2) is 32.6 Å². The predicted molar refractivity (Wildman–Crippen MR) is 70.5 cm³/mol. The van der Waals surface area contributed by atoms with Crippen LogP contribution in [0.5, 0.6) is 11.5 Å². The second-order valence-corrected chi connectivity index (χ2v) is 6.31. The van der Waals surface area contributed by atoms with Gasteiger partial charge in [0.1, 0.15) is 0 Å². The third-order valence-corrected chi connectivity index (χ3v) is 4.81. The maximum Gasteiger partial charge on any atom is 0.301 e. The van der Waals surface area contributed by atoms with Gasteiger partial charge in [-0.15, -0.1) is 0 Å². The molecule has 0 aromatic heterocycles. The van der Waals surface area contributed by atoms with Gasteiger partial charge in [0.2, 0.25) is 6.79 Å². The molecule has 0 radical (unpaired) electrons. The van der Waals surface area contributed by atoms with E-state index in [1.807, 2.05) is 0 Å². The molecule has 2 heterocycles. The first kappa shape index (κ1) is 12.6. The van der Waals surface area contributed by atoms with Crippen molar-refractivity contribution in [1.29, 1.82) is 0 Å². The zero-order valence-corrected chi connectivity index (χ0v) is 11.3. The van der Waals surface area contributed by atoms with Gasteiger partial charge >= 0.3 is 10.2 Å². The molecule has 0 amide bonds. The Morgan fingerprint density at radius 1 is 1.05 bits per heavy atom. The van der Waals surface area contributed by atoms with E-state index in [9.17, 15) is 8.42 Å². The van der Waals surface area contributed by atoms with E-state index in [2.05, 4.69) is 4.72 Å². The van der Waals surface area contributed by atoms with Gasteiger partial charge < -0.3 is 9.47 Å². The standard InChI is InChI=1S/C12H16N2O4S/c15-19(16,14-6-2-1-3-7-14)13-10-4-5-11-12(8-10)18-9-17-11/h4-5,8,13H,1-3,6-7,9H2. The summed E-state index contributed by atoms with van der Waals surface area (Å²) in [5.41, 5.74) is 0.495. The van der Waals surface area contributed by atoms with E-state index in [4.69, 9.17) is 9.47 Å². The second kappa shape index (κ2) is 4.90. The monoisotopic (exact) mass is 284 g/mol. The fraction of sp³-hybridized carbons (Fsp3) is 0.500. The molecule has 6 nitrogen and oxygen atoms in total. The summed E-state index contributed by atoms with van der Waals surface area (Å²) >= 11 is 0. The number of ether oxygens (including phenoxy) is 2. The number of nitrogens with zero attached hydrogens (tertiary/aromatic N) is 1. The fourth-order valence-electron chi connectivity index (χ4n) is 2.28. The van der Waals surface area contributed by atoms with Gasteiger partial charge in [0, 0.05) is 19.2 Å². The topological polar surface area (TPSA) is 67.9 Å². The van der Waals surface area contributed by atoms with Crippen LogP contribution in [-0.2, 0) is 10.2 Å². The molecule has 0 atom stereocenters. The molecule has 7 heteroatoms. The van der Waals surface area contributed by atoms with Crippen LogP contribution in [0.15, 0.2) is 18.2 Å². The Morgan fingerprint density at radius 2 is 1.79 bits per heavy atom. The maximum absolute atomic E-state index is 12.2. The first-order chi connectivity index (χ1) is 9.15. The molecule has 0 bridgehead atoms. The number of benzene rings is 1. The highest BCUT2D eigenvalue weighted by Crippen LogP contribution is 2.34. The molecule has 2 aliphatic heterocycles. The van der Waals surface area contributed by atoms with Gasteiger partial charge in [-0.3, -0.25) is 4.72 Å². The summed E-state index contributed by atoms with van der Waals surface area (Å²) in [6, 6.07) is 5.02. The van der Waals surface area contributed by atoms with Crippen LogP contribution in [0.4, 0.5) is 5.69 Å². The van der Waals surface area contributed by atoms with Crippen molar-refractivity contribution in [3.63, 3.8) is 0 Å². The van der Waals surface area contributed by atoms with Crippen molar-refractivity contribution in [2.45, 2.75) is 19.3 Å². The third-order valence-electron chi connectivity index (χ3n) is 3.27. The number of hydrogen-bond acceptors (Lipinski definition) is 4. The highest BCUT2D eigenvalue weighted by Gasteiger charge is 2.24.